The van der Waals surface area contributed by atoms with Crippen molar-refractivity contribution in [2.45, 2.75) is 45.6 Å². The number of piperidine rings is 1. The molecule has 0 N–H and O–H groups in total. The predicted octanol–water partition coefficient (Wildman–Crippen LogP) is 2.84. The van der Waals surface area contributed by atoms with Crippen molar-refractivity contribution in [3.8, 4) is 0 Å². The molecule has 0 spiro atoms. The summed E-state index contributed by atoms with van der Waals surface area (Å²) in [6, 6.07) is 4.18. The average molecular weight is 313 g/mol. The molecule has 6 heteroatoms. The van der Waals surface area contributed by atoms with Crippen LogP contribution in [-0.4, -0.2) is 38.6 Å². The maximum atomic E-state index is 11.3. The van der Waals surface area contributed by atoms with Gasteiger partial charge in [-0.3, -0.25) is 4.79 Å². The number of hydrogen-bond acceptors (Lipinski definition) is 5. The van der Waals surface area contributed by atoms with Crippen LogP contribution in [0.4, 0.5) is 5.82 Å². The summed E-state index contributed by atoms with van der Waals surface area (Å²) in [7, 11) is 0. The van der Waals surface area contributed by atoms with Crippen LogP contribution in [0.1, 0.15) is 61.8 Å². The van der Waals surface area contributed by atoms with Crippen molar-refractivity contribution in [3.63, 3.8) is 0 Å². The largest absolute Gasteiger partial charge is 0.357 e. The van der Waals surface area contributed by atoms with Crippen LogP contribution < -0.4 is 4.90 Å². The van der Waals surface area contributed by atoms with E-state index >= 15 is 0 Å². The van der Waals surface area contributed by atoms with Crippen molar-refractivity contribution in [1.29, 1.82) is 0 Å². The van der Waals surface area contributed by atoms with Crippen LogP contribution in [0.25, 0.3) is 0 Å². The van der Waals surface area contributed by atoms with E-state index in [0.717, 1.165) is 37.6 Å². The highest BCUT2D eigenvalue weighted by molar-refractivity contribution is 5.93. The van der Waals surface area contributed by atoms with Gasteiger partial charge in [0.05, 0.1) is 0 Å². The lowest BCUT2D eigenvalue weighted by Gasteiger charge is -2.32. The van der Waals surface area contributed by atoms with Gasteiger partial charge in [-0.05, 0) is 45.7 Å². The Kier molecular flexibility index (Phi) is 4.41. The van der Waals surface area contributed by atoms with E-state index in [9.17, 15) is 4.79 Å². The second-order valence-corrected chi connectivity index (χ2v) is 6.41. The zero-order valence-electron chi connectivity index (χ0n) is 13.9. The molecule has 3 heterocycles. The highest BCUT2D eigenvalue weighted by Crippen LogP contribution is 2.29. The first-order valence-corrected chi connectivity index (χ1v) is 8.17. The SMILES string of the molecule is CC(=O)c1ccc(N2CCC(c3nncn3C(C)C)CC2)nc1. The fourth-order valence-corrected chi connectivity index (χ4v) is 3.09. The number of ketones is 1. The van der Waals surface area contributed by atoms with Gasteiger partial charge in [0.25, 0.3) is 0 Å². The summed E-state index contributed by atoms with van der Waals surface area (Å²) in [5, 5.41) is 8.41. The lowest BCUT2D eigenvalue weighted by atomic mass is 9.95. The molecule has 0 bridgehead atoms. The Morgan fingerprint density at radius 1 is 1.26 bits per heavy atom. The van der Waals surface area contributed by atoms with Gasteiger partial charge in [0.15, 0.2) is 5.78 Å². The summed E-state index contributed by atoms with van der Waals surface area (Å²) in [5.74, 6) is 2.54. The van der Waals surface area contributed by atoms with E-state index < -0.39 is 0 Å². The van der Waals surface area contributed by atoms with E-state index in [1.165, 1.54) is 0 Å². The Balaban J connectivity index is 1.66. The van der Waals surface area contributed by atoms with E-state index in [1.807, 2.05) is 18.5 Å². The third-order valence-electron chi connectivity index (χ3n) is 4.50. The molecule has 0 amide bonds. The molecule has 6 nitrogen and oxygen atoms in total. The predicted molar refractivity (Wildman–Crippen MR) is 88.8 cm³/mol. The van der Waals surface area contributed by atoms with E-state index in [0.29, 0.717) is 17.5 Å². The van der Waals surface area contributed by atoms with Gasteiger partial charge in [-0.1, -0.05) is 0 Å². The van der Waals surface area contributed by atoms with Gasteiger partial charge in [-0.25, -0.2) is 4.98 Å². The molecule has 122 valence electrons. The molecule has 1 saturated heterocycles. The zero-order chi connectivity index (χ0) is 16.4. The summed E-state index contributed by atoms with van der Waals surface area (Å²) in [5.41, 5.74) is 0.661. The molecule has 0 saturated carbocycles. The Labute approximate surface area is 136 Å². The molecule has 0 unspecified atom stereocenters. The first kappa shape index (κ1) is 15.6. The van der Waals surface area contributed by atoms with Crippen molar-refractivity contribution >= 4 is 11.6 Å². The third-order valence-corrected chi connectivity index (χ3v) is 4.50. The number of carbonyl (C=O) groups is 1. The molecular weight excluding hydrogens is 290 g/mol. The van der Waals surface area contributed by atoms with Crippen molar-refractivity contribution in [2.24, 2.45) is 0 Å². The number of nitrogens with zero attached hydrogens (tertiary/aromatic N) is 5. The minimum absolute atomic E-state index is 0.0516. The standard InChI is InChI=1S/C17H23N5O/c1-12(2)22-11-19-20-17(22)14-6-8-21(9-7-14)16-5-4-15(10-18-16)13(3)23/h4-5,10-12,14H,6-9H2,1-3H3. The Hall–Kier alpha value is -2.24. The lowest BCUT2D eigenvalue weighted by Crippen LogP contribution is -2.34. The van der Waals surface area contributed by atoms with Crippen LogP contribution in [0.3, 0.4) is 0 Å². The quantitative estimate of drug-likeness (QED) is 0.812. The number of rotatable bonds is 4. The maximum Gasteiger partial charge on any atom is 0.161 e. The van der Waals surface area contributed by atoms with E-state index in [-0.39, 0.29) is 5.78 Å². The van der Waals surface area contributed by atoms with Crippen molar-refractivity contribution in [2.75, 3.05) is 18.0 Å². The van der Waals surface area contributed by atoms with Gasteiger partial charge >= 0.3 is 0 Å². The Bertz CT molecular complexity index is 669. The van der Waals surface area contributed by atoms with Crippen molar-refractivity contribution in [1.82, 2.24) is 19.7 Å². The molecular formula is C17H23N5O. The molecule has 23 heavy (non-hydrogen) atoms. The highest BCUT2D eigenvalue weighted by Gasteiger charge is 2.25. The number of Topliss-reactive ketones (excluding diaryl/α,β-unsaturated/α-hetero) is 1. The summed E-state index contributed by atoms with van der Waals surface area (Å²) in [4.78, 5) is 18.0. The molecule has 1 aliphatic heterocycles. The second-order valence-electron chi connectivity index (χ2n) is 6.41. The summed E-state index contributed by atoms with van der Waals surface area (Å²) in [6.07, 6.45) is 5.58. The molecule has 3 rings (SSSR count). The van der Waals surface area contributed by atoms with Gasteiger partial charge < -0.3 is 9.47 Å². The van der Waals surface area contributed by atoms with Gasteiger partial charge in [0.1, 0.15) is 18.0 Å². The zero-order valence-corrected chi connectivity index (χ0v) is 13.9. The Morgan fingerprint density at radius 3 is 2.57 bits per heavy atom. The lowest BCUT2D eigenvalue weighted by molar-refractivity contribution is 0.101. The average Bonchev–Trinajstić information content (AvgIpc) is 3.05. The van der Waals surface area contributed by atoms with Crippen LogP contribution >= 0.6 is 0 Å². The van der Waals surface area contributed by atoms with Gasteiger partial charge in [0.2, 0.25) is 0 Å². The minimum Gasteiger partial charge on any atom is -0.357 e. The normalized spacial score (nSPS) is 16.1. The van der Waals surface area contributed by atoms with Crippen molar-refractivity contribution in [3.05, 3.63) is 36.0 Å². The first-order chi connectivity index (χ1) is 11.1. The molecule has 1 aliphatic rings. The number of pyridine rings is 1. The monoisotopic (exact) mass is 313 g/mol. The van der Waals surface area contributed by atoms with Gasteiger partial charge in [-0.15, -0.1) is 10.2 Å². The van der Waals surface area contributed by atoms with Crippen LogP contribution in [0.15, 0.2) is 24.7 Å². The van der Waals surface area contributed by atoms with E-state index in [4.69, 9.17) is 0 Å². The minimum atomic E-state index is 0.0516. The van der Waals surface area contributed by atoms with Crippen LogP contribution in [-0.2, 0) is 0 Å². The number of aromatic nitrogens is 4. The Morgan fingerprint density at radius 2 is 2.00 bits per heavy atom. The summed E-state index contributed by atoms with van der Waals surface area (Å²) < 4.78 is 2.17. The van der Waals surface area contributed by atoms with Crippen LogP contribution in [0.2, 0.25) is 0 Å². The molecule has 1 fully saturated rings. The molecule has 0 aliphatic carbocycles. The molecule has 0 radical (unpaired) electrons. The fourth-order valence-electron chi connectivity index (χ4n) is 3.09. The third kappa shape index (κ3) is 3.25. The van der Waals surface area contributed by atoms with Crippen LogP contribution in [0, 0.1) is 0 Å². The number of carbonyl (C=O) groups excluding carboxylic acids is 1. The molecule has 2 aromatic rings. The molecule has 0 aromatic carbocycles. The topological polar surface area (TPSA) is 63.9 Å². The first-order valence-electron chi connectivity index (χ1n) is 8.17. The second kappa shape index (κ2) is 6.48. The summed E-state index contributed by atoms with van der Waals surface area (Å²) in [6.45, 7) is 7.77. The maximum absolute atomic E-state index is 11.3. The number of anilines is 1. The smallest absolute Gasteiger partial charge is 0.161 e. The van der Waals surface area contributed by atoms with Gasteiger partial charge in [-0.2, -0.15) is 0 Å². The van der Waals surface area contributed by atoms with Crippen LogP contribution in [0.5, 0.6) is 0 Å². The van der Waals surface area contributed by atoms with Crippen molar-refractivity contribution < 1.29 is 4.79 Å². The fraction of sp³-hybridized carbons (Fsp3) is 0.529. The van der Waals surface area contributed by atoms with Gasteiger partial charge in [0, 0.05) is 36.8 Å². The molecule has 0 atom stereocenters. The summed E-state index contributed by atoms with van der Waals surface area (Å²) >= 11 is 0. The van der Waals surface area contributed by atoms with E-state index in [2.05, 4.69) is 38.5 Å². The number of hydrogen-bond donors (Lipinski definition) is 0. The van der Waals surface area contributed by atoms with E-state index in [1.54, 1.807) is 13.1 Å². The highest BCUT2D eigenvalue weighted by atomic mass is 16.1. The molecule has 2 aromatic heterocycles.